The van der Waals surface area contributed by atoms with Crippen LogP contribution in [0.2, 0.25) is 0 Å². The largest absolute Gasteiger partial charge is 0.492 e. The number of hydrogen-bond acceptors (Lipinski definition) is 3. The molecule has 0 saturated carbocycles. The third-order valence-electron chi connectivity index (χ3n) is 2.91. The number of nitrogens with zero attached hydrogens (tertiary/aromatic N) is 2. The van der Waals surface area contributed by atoms with Crippen LogP contribution < -0.4 is 16.2 Å². The summed E-state index contributed by atoms with van der Waals surface area (Å²) in [5.41, 5.74) is 6.30. The van der Waals surface area contributed by atoms with E-state index in [9.17, 15) is 4.79 Å². The van der Waals surface area contributed by atoms with E-state index in [1.807, 2.05) is 26.0 Å². The number of aromatic nitrogens is 2. The molecule has 1 aromatic carbocycles. The van der Waals surface area contributed by atoms with Gasteiger partial charge < -0.3 is 10.5 Å². The molecule has 2 rings (SSSR count). The Labute approximate surface area is 112 Å². The number of rotatable bonds is 5. The van der Waals surface area contributed by atoms with Crippen molar-refractivity contribution in [3.05, 3.63) is 47.1 Å². The zero-order valence-electron chi connectivity index (χ0n) is 11.2. The highest BCUT2D eigenvalue weighted by Gasteiger charge is 2.05. The highest BCUT2D eigenvalue weighted by molar-refractivity contribution is 5.41. The maximum atomic E-state index is 12.0. The second-order valence-electron chi connectivity index (χ2n) is 4.69. The van der Waals surface area contributed by atoms with Gasteiger partial charge in [0.25, 0.3) is 0 Å². The van der Waals surface area contributed by atoms with Crippen molar-refractivity contribution in [1.82, 2.24) is 9.13 Å². The molecule has 2 aromatic rings. The average molecular weight is 261 g/mol. The Hall–Kier alpha value is -2.17. The van der Waals surface area contributed by atoms with Crippen LogP contribution in [0.15, 0.2) is 41.5 Å². The van der Waals surface area contributed by atoms with Gasteiger partial charge in [0.05, 0.1) is 6.54 Å². The summed E-state index contributed by atoms with van der Waals surface area (Å²) in [6.45, 7) is 4.95. The molecule has 0 fully saturated rings. The molecular formula is C14H19N3O2. The van der Waals surface area contributed by atoms with Crippen LogP contribution in [-0.2, 0) is 6.54 Å². The summed E-state index contributed by atoms with van der Waals surface area (Å²) < 4.78 is 8.91. The summed E-state index contributed by atoms with van der Waals surface area (Å²) in [4.78, 5) is 12.0. The van der Waals surface area contributed by atoms with Gasteiger partial charge in [-0.05, 0) is 38.1 Å². The molecule has 0 aliphatic rings. The molecule has 0 aliphatic carbocycles. The van der Waals surface area contributed by atoms with E-state index in [0.29, 0.717) is 18.8 Å². The minimum Gasteiger partial charge on any atom is -0.492 e. The molecule has 0 aliphatic heterocycles. The van der Waals surface area contributed by atoms with Crippen LogP contribution >= 0.6 is 0 Å². The summed E-state index contributed by atoms with van der Waals surface area (Å²) in [7, 11) is 0. The van der Waals surface area contributed by atoms with E-state index < -0.39 is 0 Å². The van der Waals surface area contributed by atoms with E-state index in [1.54, 1.807) is 33.7 Å². The highest BCUT2D eigenvalue weighted by atomic mass is 16.5. The van der Waals surface area contributed by atoms with E-state index in [2.05, 4.69) is 0 Å². The van der Waals surface area contributed by atoms with Gasteiger partial charge in [0, 0.05) is 24.1 Å². The summed E-state index contributed by atoms with van der Waals surface area (Å²) >= 11 is 0. The first-order valence-corrected chi connectivity index (χ1v) is 6.33. The van der Waals surface area contributed by atoms with Gasteiger partial charge in [0.2, 0.25) is 0 Å². The fourth-order valence-electron chi connectivity index (χ4n) is 1.82. The molecule has 1 heterocycles. The van der Waals surface area contributed by atoms with Crippen LogP contribution in [0, 0.1) is 0 Å². The number of nitrogen functional groups attached to an aromatic ring is 1. The number of imidazole rings is 1. The van der Waals surface area contributed by atoms with Gasteiger partial charge in [-0.2, -0.15) is 0 Å². The van der Waals surface area contributed by atoms with E-state index in [4.69, 9.17) is 10.5 Å². The summed E-state index contributed by atoms with van der Waals surface area (Å²) in [6, 6.07) is 7.38. The van der Waals surface area contributed by atoms with Crippen molar-refractivity contribution in [2.45, 2.75) is 26.4 Å². The maximum absolute atomic E-state index is 12.0. The SMILES string of the molecule is CC(C)n1ccn(CCOc2ccc(N)cc2)c1=O. The average Bonchev–Trinajstić information content (AvgIpc) is 2.74. The second kappa shape index (κ2) is 5.65. The zero-order valence-corrected chi connectivity index (χ0v) is 11.2. The number of hydrogen-bond donors (Lipinski definition) is 1. The van der Waals surface area contributed by atoms with Gasteiger partial charge in [-0.1, -0.05) is 0 Å². The number of nitrogens with two attached hydrogens (primary N) is 1. The first-order chi connectivity index (χ1) is 9.08. The molecule has 19 heavy (non-hydrogen) atoms. The Kier molecular flexibility index (Phi) is 3.94. The van der Waals surface area contributed by atoms with Crippen LogP contribution in [0.5, 0.6) is 5.75 Å². The molecule has 0 spiro atoms. The van der Waals surface area contributed by atoms with Crippen LogP contribution in [0.1, 0.15) is 19.9 Å². The number of benzene rings is 1. The molecule has 0 radical (unpaired) electrons. The monoisotopic (exact) mass is 261 g/mol. The lowest BCUT2D eigenvalue weighted by atomic mass is 10.3. The first kappa shape index (κ1) is 13.3. The standard InChI is InChI=1S/C14H19N3O2/c1-11(2)17-8-7-16(14(17)18)9-10-19-13-5-3-12(15)4-6-13/h3-8,11H,9-10,15H2,1-2H3. The maximum Gasteiger partial charge on any atom is 0.328 e. The van der Waals surface area contributed by atoms with Gasteiger partial charge in [-0.15, -0.1) is 0 Å². The molecule has 5 heteroatoms. The first-order valence-electron chi connectivity index (χ1n) is 6.33. The molecule has 0 amide bonds. The smallest absolute Gasteiger partial charge is 0.328 e. The second-order valence-corrected chi connectivity index (χ2v) is 4.69. The summed E-state index contributed by atoms with van der Waals surface area (Å²) in [5, 5.41) is 0. The summed E-state index contributed by atoms with van der Waals surface area (Å²) in [5.74, 6) is 0.755. The van der Waals surface area contributed by atoms with Crippen molar-refractivity contribution in [1.29, 1.82) is 0 Å². The topological polar surface area (TPSA) is 62.2 Å². The lowest BCUT2D eigenvalue weighted by Gasteiger charge is -2.07. The quantitative estimate of drug-likeness (QED) is 0.836. The van der Waals surface area contributed by atoms with Gasteiger partial charge in [0.15, 0.2) is 0 Å². The Bertz CT molecular complexity index is 581. The van der Waals surface area contributed by atoms with E-state index in [1.165, 1.54) is 0 Å². The number of anilines is 1. The van der Waals surface area contributed by atoms with Gasteiger partial charge in [-0.3, -0.25) is 9.13 Å². The molecule has 102 valence electrons. The summed E-state index contributed by atoms with van der Waals surface area (Å²) in [6.07, 6.45) is 3.59. The van der Waals surface area contributed by atoms with Crippen molar-refractivity contribution in [3.63, 3.8) is 0 Å². The van der Waals surface area contributed by atoms with E-state index >= 15 is 0 Å². The lowest BCUT2D eigenvalue weighted by molar-refractivity contribution is 0.295. The Morgan fingerprint density at radius 1 is 1.21 bits per heavy atom. The third kappa shape index (κ3) is 3.19. The Balaban J connectivity index is 1.93. The van der Waals surface area contributed by atoms with Crippen molar-refractivity contribution in [2.75, 3.05) is 12.3 Å². The molecule has 0 saturated heterocycles. The van der Waals surface area contributed by atoms with Crippen LogP contribution in [0.3, 0.4) is 0 Å². The predicted molar refractivity (Wildman–Crippen MR) is 75.4 cm³/mol. The molecule has 5 nitrogen and oxygen atoms in total. The normalized spacial score (nSPS) is 10.9. The van der Waals surface area contributed by atoms with Crippen LogP contribution in [0.25, 0.3) is 0 Å². The van der Waals surface area contributed by atoms with Gasteiger partial charge in [-0.25, -0.2) is 4.79 Å². The molecule has 0 unspecified atom stereocenters. The Morgan fingerprint density at radius 3 is 2.47 bits per heavy atom. The lowest BCUT2D eigenvalue weighted by Crippen LogP contribution is -2.26. The van der Waals surface area contributed by atoms with E-state index in [0.717, 1.165) is 5.75 Å². The van der Waals surface area contributed by atoms with Crippen molar-refractivity contribution < 1.29 is 4.74 Å². The zero-order chi connectivity index (χ0) is 13.8. The third-order valence-corrected chi connectivity index (χ3v) is 2.91. The minimum absolute atomic E-state index is 0.00379. The molecule has 1 aromatic heterocycles. The highest BCUT2D eigenvalue weighted by Crippen LogP contribution is 2.12. The van der Waals surface area contributed by atoms with Crippen molar-refractivity contribution in [2.24, 2.45) is 0 Å². The fraction of sp³-hybridized carbons (Fsp3) is 0.357. The van der Waals surface area contributed by atoms with Crippen molar-refractivity contribution >= 4 is 5.69 Å². The predicted octanol–water partition coefficient (Wildman–Crippen LogP) is 1.89. The molecule has 0 bridgehead atoms. The van der Waals surface area contributed by atoms with Crippen LogP contribution in [0.4, 0.5) is 5.69 Å². The minimum atomic E-state index is -0.00379. The van der Waals surface area contributed by atoms with Gasteiger partial charge >= 0.3 is 5.69 Å². The molecule has 2 N–H and O–H groups in total. The number of ether oxygens (including phenoxy) is 1. The Morgan fingerprint density at radius 2 is 1.89 bits per heavy atom. The van der Waals surface area contributed by atoms with Crippen LogP contribution in [-0.4, -0.2) is 15.7 Å². The molecule has 0 atom stereocenters. The fourth-order valence-corrected chi connectivity index (χ4v) is 1.82. The van der Waals surface area contributed by atoms with E-state index in [-0.39, 0.29) is 11.7 Å². The molecular weight excluding hydrogens is 242 g/mol. The van der Waals surface area contributed by atoms with Crippen molar-refractivity contribution in [3.8, 4) is 5.75 Å². The van der Waals surface area contributed by atoms with Gasteiger partial charge in [0.1, 0.15) is 12.4 Å².